The minimum Gasteiger partial charge on any atom is -0.245 e. The lowest BCUT2D eigenvalue weighted by atomic mass is 10.1. The van der Waals surface area contributed by atoms with Gasteiger partial charge in [0.05, 0.1) is 11.4 Å². The highest BCUT2D eigenvalue weighted by Crippen LogP contribution is 2.31. The zero-order valence-electron chi connectivity index (χ0n) is 10.7. The van der Waals surface area contributed by atoms with E-state index in [1.54, 1.807) is 0 Å². The Bertz CT molecular complexity index is 482. The highest BCUT2D eigenvalue weighted by atomic mass is 79.9. The van der Waals surface area contributed by atoms with Gasteiger partial charge in [0.25, 0.3) is 0 Å². The molecular formula is C12H18BrN3Si. The molecule has 17 heavy (non-hydrogen) atoms. The molecule has 3 nitrogen and oxygen atoms in total. The van der Waals surface area contributed by atoms with Crippen LogP contribution in [0.5, 0.6) is 0 Å². The summed E-state index contributed by atoms with van der Waals surface area (Å²) in [6.45, 7) is 9.03. The zero-order chi connectivity index (χ0) is 12.6. The fourth-order valence-corrected chi connectivity index (χ4v) is 3.33. The largest absolute Gasteiger partial charge is 0.245 e. The Hall–Kier alpha value is -0.683. The van der Waals surface area contributed by atoms with E-state index in [-0.39, 0.29) is 6.04 Å². The van der Waals surface area contributed by atoms with E-state index >= 15 is 0 Å². The maximum Gasteiger partial charge on any atom is 0.106 e. The normalized spacial score (nSPS) is 17.9. The second-order valence-electron chi connectivity index (χ2n) is 5.48. The average molecular weight is 312 g/mol. The van der Waals surface area contributed by atoms with Crippen molar-refractivity contribution >= 4 is 29.3 Å². The maximum atomic E-state index is 4.32. The van der Waals surface area contributed by atoms with Crippen LogP contribution in [0.15, 0.2) is 28.4 Å². The SMILES string of the molecule is C[C@@H](C1=C(Br)CC=C1)n1cc([Si](C)(C)C)nn1. The van der Waals surface area contributed by atoms with Crippen LogP contribution in [0.3, 0.4) is 0 Å². The second kappa shape index (κ2) is 4.53. The topological polar surface area (TPSA) is 30.7 Å². The van der Waals surface area contributed by atoms with E-state index < -0.39 is 8.07 Å². The van der Waals surface area contributed by atoms with Gasteiger partial charge in [-0.05, 0) is 18.9 Å². The Morgan fingerprint density at radius 2 is 2.12 bits per heavy atom. The zero-order valence-corrected chi connectivity index (χ0v) is 13.3. The van der Waals surface area contributed by atoms with Crippen LogP contribution in [0.25, 0.3) is 0 Å². The van der Waals surface area contributed by atoms with Crippen LogP contribution in [-0.2, 0) is 0 Å². The van der Waals surface area contributed by atoms with Crippen molar-refractivity contribution in [1.29, 1.82) is 0 Å². The monoisotopic (exact) mass is 311 g/mol. The third kappa shape index (κ3) is 2.60. The average Bonchev–Trinajstić information content (AvgIpc) is 2.83. The minimum atomic E-state index is -1.36. The molecule has 1 aromatic heterocycles. The van der Waals surface area contributed by atoms with Crippen molar-refractivity contribution in [3.8, 4) is 0 Å². The Labute approximate surface area is 112 Å². The Morgan fingerprint density at radius 1 is 1.41 bits per heavy atom. The molecule has 1 aliphatic carbocycles. The van der Waals surface area contributed by atoms with Crippen LogP contribution in [-0.4, -0.2) is 23.1 Å². The number of nitrogens with zero attached hydrogens (tertiary/aromatic N) is 3. The van der Waals surface area contributed by atoms with E-state index in [9.17, 15) is 0 Å². The molecule has 1 aromatic rings. The first-order valence-corrected chi connectivity index (χ1v) is 10.2. The van der Waals surface area contributed by atoms with Gasteiger partial charge in [0.1, 0.15) is 8.07 Å². The van der Waals surface area contributed by atoms with Gasteiger partial charge in [-0.1, -0.05) is 52.9 Å². The molecule has 0 saturated heterocycles. The molecular weight excluding hydrogens is 294 g/mol. The molecule has 5 heteroatoms. The first kappa shape index (κ1) is 12.8. The standard InChI is InChI=1S/C12H18BrN3Si/c1-9(10-6-5-7-11(10)13)16-8-12(14-15-16)17(2,3)4/h5-6,8-9H,7H2,1-4H3/t9-/m0/s1. The Kier molecular flexibility index (Phi) is 3.40. The van der Waals surface area contributed by atoms with E-state index in [0.29, 0.717) is 0 Å². The Morgan fingerprint density at radius 3 is 2.59 bits per heavy atom. The Balaban J connectivity index is 2.27. The minimum absolute atomic E-state index is 0.251. The van der Waals surface area contributed by atoms with Crippen LogP contribution < -0.4 is 5.32 Å². The van der Waals surface area contributed by atoms with Crippen LogP contribution in [0.1, 0.15) is 19.4 Å². The summed E-state index contributed by atoms with van der Waals surface area (Å²) in [4.78, 5) is 0. The molecule has 0 fully saturated rings. The van der Waals surface area contributed by atoms with Crippen LogP contribution in [0.4, 0.5) is 0 Å². The molecule has 1 aliphatic rings. The molecule has 0 unspecified atom stereocenters. The lowest BCUT2D eigenvalue weighted by Crippen LogP contribution is -2.38. The predicted octanol–water partition coefficient (Wildman–Crippen LogP) is 2.99. The van der Waals surface area contributed by atoms with Crippen LogP contribution in [0, 0.1) is 0 Å². The lowest BCUT2D eigenvalue weighted by Gasteiger charge is -2.13. The lowest BCUT2D eigenvalue weighted by molar-refractivity contribution is 0.542. The second-order valence-corrected chi connectivity index (χ2v) is 11.4. The van der Waals surface area contributed by atoms with Crippen molar-refractivity contribution in [3.63, 3.8) is 0 Å². The smallest absolute Gasteiger partial charge is 0.106 e. The molecule has 0 bridgehead atoms. The molecule has 0 spiro atoms. The number of hydrogen-bond acceptors (Lipinski definition) is 2. The quantitative estimate of drug-likeness (QED) is 0.803. The van der Waals surface area contributed by atoms with Crippen molar-refractivity contribution < 1.29 is 0 Å². The van der Waals surface area contributed by atoms with Crippen molar-refractivity contribution in [1.82, 2.24) is 15.0 Å². The van der Waals surface area contributed by atoms with E-state index in [1.807, 2.05) is 4.68 Å². The molecule has 0 amide bonds. The van der Waals surface area contributed by atoms with Gasteiger partial charge in [0.15, 0.2) is 0 Å². The third-order valence-corrected chi connectivity index (χ3v) is 5.58. The summed E-state index contributed by atoms with van der Waals surface area (Å²) in [5, 5.41) is 9.76. The third-order valence-electron chi connectivity index (χ3n) is 3.03. The number of hydrogen-bond donors (Lipinski definition) is 0. The number of rotatable bonds is 3. The van der Waals surface area contributed by atoms with Crippen LogP contribution >= 0.6 is 15.9 Å². The van der Waals surface area contributed by atoms with Gasteiger partial charge in [0.2, 0.25) is 0 Å². The molecule has 2 rings (SSSR count). The summed E-state index contributed by atoms with van der Waals surface area (Å²) < 4.78 is 3.23. The number of allylic oxidation sites excluding steroid dienone is 4. The van der Waals surface area contributed by atoms with Gasteiger partial charge >= 0.3 is 0 Å². The summed E-state index contributed by atoms with van der Waals surface area (Å²) >= 11 is 3.61. The highest BCUT2D eigenvalue weighted by molar-refractivity contribution is 9.11. The maximum absolute atomic E-state index is 4.32. The van der Waals surface area contributed by atoms with Gasteiger partial charge in [0, 0.05) is 10.7 Å². The first-order chi connectivity index (χ1) is 7.89. The van der Waals surface area contributed by atoms with Gasteiger partial charge in [-0.2, -0.15) is 0 Å². The van der Waals surface area contributed by atoms with Crippen molar-refractivity contribution in [2.45, 2.75) is 39.0 Å². The summed E-state index contributed by atoms with van der Waals surface area (Å²) in [5.41, 5.74) is 1.30. The number of aromatic nitrogens is 3. The van der Waals surface area contributed by atoms with Crippen molar-refractivity contribution in [2.24, 2.45) is 0 Å². The molecule has 0 aliphatic heterocycles. The van der Waals surface area contributed by atoms with E-state index in [2.05, 4.69) is 71.2 Å². The fraction of sp³-hybridized carbons (Fsp3) is 0.500. The number of halogens is 1. The summed E-state index contributed by atoms with van der Waals surface area (Å²) in [6.07, 6.45) is 7.45. The molecule has 0 saturated carbocycles. The molecule has 0 aromatic carbocycles. The summed E-state index contributed by atoms with van der Waals surface area (Å²) in [7, 11) is -1.36. The molecule has 92 valence electrons. The van der Waals surface area contributed by atoms with Gasteiger partial charge in [-0.25, -0.2) is 4.68 Å². The van der Waals surface area contributed by atoms with Crippen molar-refractivity contribution in [2.75, 3.05) is 0 Å². The van der Waals surface area contributed by atoms with E-state index in [1.165, 1.54) is 15.4 Å². The molecule has 1 heterocycles. The van der Waals surface area contributed by atoms with Gasteiger partial charge in [-0.3, -0.25) is 0 Å². The first-order valence-electron chi connectivity index (χ1n) is 5.87. The van der Waals surface area contributed by atoms with Crippen LogP contribution in [0.2, 0.25) is 19.6 Å². The predicted molar refractivity (Wildman–Crippen MR) is 77.4 cm³/mol. The summed E-state index contributed by atoms with van der Waals surface area (Å²) in [6, 6.07) is 0.251. The van der Waals surface area contributed by atoms with E-state index in [4.69, 9.17) is 0 Å². The van der Waals surface area contributed by atoms with Gasteiger partial charge in [-0.15, -0.1) is 5.10 Å². The van der Waals surface area contributed by atoms with E-state index in [0.717, 1.165) is 6.42 Å². The molecule has 1 atom stereocenters. The highest BCUT2D eigenvalue weighted by Gasteiger charge is 2.23. The fourth-order valence-electron chi connectivity index (χ4n) is 1.82. The molecule has 0 N–H and O–H groups in total. The van der Waals surface area contributed by atoms with Crippen molar-refractivity contribution in [3.05, 3.63) is 28.4 Å². The summed E-state index contributed by atoms with van der Waals surface area (Å²) in [5.74, 6) is 0. The van der Waals surface area contributed by atoms with Gasteiger partial charge < -0.3 is 0 Å². The molecule has 0 radical (unpaired) electrons.